The van der Waals surface area contributed by atoms with E-state index in [1.165, 1.54) is 5.56 Å². The molecule has 1 N–H and O–H groups in total. The van der Waals surface area contributed by atoms with Gasteiger partial charge in [-0.3, -0.25) is 0 Å². The van der Waals surface area contributed by atoms with Crippen LogP contribution >= 0.6 is 23.8 Å². The van der Waals surface area contributed by atoms with Crippen LogP contribution in [0.2, 0.25) is 5.15 Å². The van der Waals surface area contributed by atoms with Crippen molar-refractivity contribution in [1.29, 1.82) is 0 Å². The summed E-state index contributed by atoms with van der Waals surface area (Å²) in [6.07, 6.45) is 1.76. The number of thiocarbonyl (C=S) groups is 1. The summed E-state index contributed by atoms with van der Waals surface area (Å²) in [6, 6.07) is 13.9. The van der Waals surface area contributed by atoms with Crippen LogP contribution in [0.4, 0.5) is 0 Å². The number of hydrogen-bond donors (Lipinski definition) is 1. The first-order chi connectivity index (χ1) is 9.65. The lowest BCUT2D eigenvalue weighted by atomic mass is 10.2. The van der Waals surface area contributed by atoms with Crippen molar-refractivity contribution >= 4 is 28.9 Å². The number of nitrogens with zero attached hydrogens (tertiary/aromatic N) is 2. The Morgan fingerprint density at radius 2 is 1.95 bits per heavy atom. The van der Waals surface area contributed by atoms with Crippen LogP contribution in [-0.2, 0) is 13.1 Å². The van der Waals surface area contributed by atoms with E-state index in [2.05, 4.69) is 22.4 Å². The van der Waals surface area contributed by atoms with Gasteiger partial charge in [0, 0.05) is 26.3 Å². The van der Waals surface area contributed by atoms with Crippen LogP contribution in [0.1, 0.15) is 11.1 Å². The van der Waals surface area contributed by atoms with Gasteiger partial charge < -0.3 is 10.2 Å². The Hall–Kier alpha value is -1.65. The molecule has 1 aromatic heterocycles. The molecular formula is C15H16ClN3S. The van der Waals surface area contributed by atoms with E-state index in [-0.39, 0.29) is 0 Å². The molecule has 1 heterocycles. The summed E-state index contributed by atoms with van der Waals surface area (Å²) in [5.74, 6) is 0. The molecule has 0 radical (unpaired) electrons. The highest BCUT2D eigenvalue weighted by Gasteiger charge is 2.05. The zero-order valence-corrected chi connectivity index (χ0v) is 12.8. The highest BCUT2D eigenvalue weighted by molar-refractivity contribution is 7.80. The fourth-order valence-electron chi connectivity index (χ4n) is 1.75. The first-order valence-electron chi connectivity index (χ1n) is 6.28. The third-order valence-corrected chi connectivity index (χ3v) is 3.52. The Labute approximate surface area is 129 Å². The summed E-state index contributed by atoms with van der Waals surface area (Å²) in [4.78, 5) is 6.04. The third-order valence-electron chi connectivity index (χ3n) is 2.84. The van der Waals surface area contributed by atoms with Gasteiger partial charge in [0.1, 0.15) is 5.15 Å². The molecular weight excluding hydrogens is 290 g/mol. The fraction of sp³-hybridized carbons (Fsp3) is 0.200. The monoisotopic (exact) mass is 305 g/mol. The molecule has 104 valence electrons. The van der Waals surface area contributed by atoms with E-state index in [1.54, 1.807) is 12.3 Å². The summed E-state index contributed by atoms with van der Waals surface area (Å²) < 4.78 is 0. The van der Waals surface area contributed by atoms with E-state index in [9.17, 15) is 0 Å². The zero-order valence-electron chi connectivity index (χ0n) is 11.2. The first-order valence-corrected chi connectivity index (χ1v) is 7.07. The van der Waals surface area contributed by atoms with Gasteiger partial charge in [-0.05, 0) is 29.4 Å². The highest BCUT2D eigenvalue weighted by Crippen LogP contribution is 2.07. The van der Waals surface area contributed by atoms with Crippen molar-refractivity contribution in [3.05, 3.63) is 64.9 Å². The normalized spacial score (nSPS) is 10.1. The van der Waals surface area contributed by atoms with Gasteiger partial charge in [0.15, 0.2) is 5.11 Å². The number of nitrogens with one attached hydrogen (secondary N) is 1. The van der Waals surface area contributed by atoms with Gasteiger partial charge >= 0.3 is 0 Å². The Balaban J connectivity index is 1.84. The van der Waals surface area contributed by atoms with Crippen LogP contribution in [0.15, 0.2) is 48.7 Å². The predicted octanol–water partition coefficient (Wildman–Crippen LogP) is 3.24. The van der Waals surface area contributed by atoms with Crippen molar-refractivity contribution < 1.29 is 0 Å². The Kier molecular flexibility index (Phi) is 5.32. The number of rotatable bonds is 4. The average molecular weight is 306 g/mol. The van der Waals surface area contributed by atoms with Gasteiger partial charge in [0.2, 0.25) is 0 Å². The van der Waals surface area contributed by atoms with E-state index in [4.69, 9.17) is 23.8 Å². The minimum Gasteiger partial charge on any atom is -0.358 e. The zero-order chi connectivity index (χ0) is 14.4. The maximum atomic E-state index is 5.77. The molecule has 20 heavy (non-hydrogen) atoms. The summed E-state index contributed by atoms with van der Waals surface area (Å²) in [6.45, 7) is 1.42. The number of hydrogen-bond acceptors (Lipinski definition) is 2. The maximum absolute atomic E-state index is 5.77. The van der Waals surface area contributed by atoms with Crippen LogP contribution in [0.3, 0.4) is 0 Å². The van der Waals surface area contributed by atoms with Crippen molar-refractivity contribution in [3.8, 4) is 0 Å². The number of halogens is 1. The van der Waals surface area contributed by atoms with Crippen LogP contribution < -0.4 is 5.32 Å². The first kappa shape index (κ1) is 14.8. The lowest BCUT2D eigenvalue weighted by molar-refractivity contribution is 0.488. The van der Waals surface area contributed by atoms with Crippen molar-refractivity contribution in [2.45, 2.75) is 13.1 Å². The predicted molar refractivity (Wildman–Crippen MR) is 86.6 cm³/mol. The number of benzene rings is 1. The molecule has 0 fully saturated rings. The average Bonchev–Trinajstić information content (AvgIpc) is 2.48. The largest absolute Gasteiger partial charge is 0.358 e. The van der Waals surface area contributed by atoms with Crippen LogP contribution in [-0.4, -0.2) is 22.0 Å². The van der Waals surface area contributed by atoms with E-state index >= 15 is 0 Å². The van der Waals surface area contributed by atoms with Crippen molar-refractivity contribution in [2.75, 3.05) is 7.05 Å². The molecule has 0 aliphatic rings. The van der Waals surface area contributed by atoms with E-state index in [1.807, 2.05) is 36.2 Å². The minimum absolute atomic E-state index is 0.501. The Bertz CT molecular complexity index is 557. The third kappa shape index (κ3) is 4.47. The van der Waals surface area contributed by atoms with Crippen molar-refractivity contribution in [3.63, 3.8) is 0 Å². The maximum Gasteiger partial charge on any atom is 0.169 e. The molecule has 0 amide bonds. The summed E-state index contributed by atoms with van der Waals surface area (Å²) in [5, 5.41) is 4.45. The standard InChI is InChI=1S/C15H16ClN3S/c1-19(11-13-7-8-14(16)17-10-13)15(20)18-9-12-5-3-2-4-6-12/h2-8,10H,9,11H2,1H3,(H,18,20). The quantitative estimate of drug-likeness (QED) is 0.693. The van der Waals surface area contributed by atoms with Gasteiger partial charge in [-0.2, -0.15) is 0 Å². The lowest BCUT2D eigenvalue weighted by Gasteiger charge is -2.21. The second-order valence-electron chi connectivity index (χ2n) is 4.49. The van der Waals surface area contributed by atoms with Crippen LogP contribution in [0.25, 0.3) is 0 Å². The van der Waals surface area contributed by atoms with E-state index in [0.717, 1.165) is 12.1 Å². The highest BCUT2D eigenvalue weighted by atomic mass is 35.5. The second-order valence-corrected chi connectivity index (χ2v) is 5.26. The number of aromatic nitrogens is 1. The fourth-order valence-corrected chi connectivity index (χ4v) is 2.00. The van der Waals surface area contributed by atoms with Crippen LogP contribution in [0.5, 0.6) is 0 Å². The van der Waals surface area contributed by atoms with Gasteiger partial charge in [-0.25, -0.2) is 4.98 Å². The molecule has 0 aliphatic carbocycles. The molecule has 0 spiro atoms. The summed E-state index contributed by atoms with van der Waals surface area (Å²) >= 11 is 11.1. The minimum atomic E-state index is 0.501. The lowest BCUT2D eigenvalue weighted by Crippen LogP contribution is -2.36. The topological polar surface area (TPSA) is 28.2 Å². The smallest absolute Gasteiger partial charge is 0.169 e. The molecule has 0 saturated heterocycles. The summed E-state index contributed by atoms with van der Waals surface area (Å²) in [5.41, 5.74) is 2.28. The summed E-state index contributed by atoms with van der Waals surface area (Å²) in [7, 11) is 1.95. The molecule has 0 aliphatic heterocycles. The molecule has 5 heteroatoms. The molecule has 0 saturated carbocycles. The molecule has 0 unspecified atom stereocenters. The molecule has 1 aromatic carbocycles. The van der Waals surface area contributed by atoms with E-state index in [0.29, 0.717) is 16.8 Å². The SMILES string of the molecule is CN(Cc1ccc(Cl)nc1)C(=S)NCc1ccccc1. The van der Waals surface area contributed by atoms with Gasteiger partial charge in [0.05, 0.1) is 0 Å². The van der Waals surface area contributed by atoms with E-state index < -0.39 is 0 Å². The number of pyridine rings is 1. The second kappa shape index (κ2) is 7.22. The Morgan fingerprint density at radius 3 is 2.60 bits per heavy atom. The van der Waals surface area contributed by atoms with Gasteiger partial charge in [-0.1, -0.05) is 48.0 Å². The van der Waals surface area contributed by atoms with Gasteiger partial charge in [-0.15, -0.1) is 0 Å². The van der Waals surface area contributed by atoms with Gasteiger partial charge in [0.25, 0.3) is 0 Å². The molecule has 0 bridgehead atoms. The molecule has 0 atom stereocenters. The van der Waals surface area contributed by atoms with Crippen molar-refractivity contribution in [1.82, 2.24) is 15.2 Å². The van der Waals surface area contributed by atoms with Crippen molar-refractivity contribution in [2.24, 2.45) is 0 Å². The molecule has 3 nitrogen and oxygen atoms in total. The molecule has 2 rings (SSSR count). The Morgan fingerprint density at radius 1 is 1.20 bits per heavy atom. The van der Waals surface area contributed by atoms with Crippen LogP contribution in [0, 0.1) is 0 Å². The molecule has 2 aromatic rings.